The van der Waals surface area contributed by atoms with E-state index in [0.29, 0.717) is 11.5 Å². The third kappa shape index (κ3) is 2.43. The fraction of sp³-hybridized carbons (Fsp3) is 1.00. The molecule has 1 unspecified atom stereocenters. The lowest BCUT2D eigenvalue weighted by atomic mass is 9.73. The van der Waals surface area contributed by atoms with E-state index in [1.165, 1.54) is 64.2 Å². The van der Waals surface area contributed by atoms with Crippen molar-refractivity contribution in [3.05, 3.63) is 0 Å². The minimum atomic E-state index is 0.525. The van der Waals surface area contributed by atoms with E-state index in [1.807, 2.05) is 0 Å². The van der Waals surface area contributed by atoms with Gasteiger partial charge >= 0.3 is 0 Å². The molecule has 2 aliphatic carbocycles. The van der Waals surface area contributed by atoms with E-state index in [1.54, 1.807) is 0 Å². The molecule has 2 fully saturated rings. The molecule has 0 spiro atoms. The molecule has 0 aromatic rings. The van der Waals surface area contributed by atoms with E-state index in [9.17, 15) is 0 Å². The third-order valence-corrected chi connectivity index (χ3v) is 5.29. The topological polar surface area (TPSA) is 38.0 Å². The fourth-order valence-corrected chi connectivity index (χ4v) is 4.10. The van der Waals surface area contributed by atoms with Gasteiger partial charge in [0.15, 0.2) is 0 Å². The Kier molecular flexibility index (Phi) is 4.26. The molecule has 16 heavy (non-hydrogen) atoms. The molecule has 0 bridgehead atoms. The quantitative estimate of drug-likeness (QED) is 0.555. The molecular formula is C14H28N2. The minimum Gasteiger partial charge on any atom is -0.271 e. The summed E-state index contributed by atoms with van der Waals surface area (Å²) < 4.78 is 0. The molecule has 0 radical (unpaired) electrons. The molecule has 0 heterocycles. The van der Waals surface area contributed by atoms with Crippen molar-refractivity contribution in [3.8, 4) is 0 Å². The molecule has 2 saturated carbocycles. The monoisotopic (exact) mass is 224 g/mol. The Bertz CT molecular complexity index is 203. The maximum Gasteiger partial charge on any atom is 0.0269 e. The summed E-state index contributed by atoms with van der Waals surface area (Å²) in [5.41, 5.74) is 3.69. The van der Waals surface area contributed by atoms with Gasteiger partial charge < -0.3 is 0 Å². The second-order valence-corrected chi connectivity index (χ2v) is 6.03. The summed E-state index contributed by atoms with van der Waals surface area (Å²) in [5, 5.41) is 0. The van der Waals surface area contributed by atoms with E-state index in [-0.39, 0.29) is 0 Å². The van der Waals surface area contributed by atoms with Crippen LogP contribution in [0, 0.1) is 11.3 Å². The predicted octanol–water partition coefficient (Wildman–Crippen LogP) is 3.37. The highest BCUT2D eigenvalue weighted by Gasteiger charge is 2.40. The average Bonchev–Trinajstić information content (AvgIpc) is 2.97. The van der Waals surface area contributed by atoms with Gasteiger partial charge in [-0.05, 0) is 37.0 Å². The van der Waals surface area contributed by atoms with Crippen LogP contribution in [0.3, 0.4) is 0 Å². The maximum absolute atomic E-state index is 5.84. The number of hydrazine groups is 1. The zero-order valence-corrected chi connectivity index (χ0v) is 10.8. The van der Waals surface area contributed by atoms with Crippen LogP contribution in [0.1, 0.15) is 71.1 Å². The van der Waals surface area contributed by atoms with Gasteiger partial charge in [0.1, 0.15) is 0 Å². The molecule has 2 heteroatoms. The largest absolute Gasteiger partial charge is 0.271 e. The van der Waals surface area contributed by atoms with Crippen LogP contribution in [0.4, 0.5) is 0 Å². The van der Waals surface area contributed by atoms with Crippen LogP contribution in [-0.2, 0) is 0 Å². The molecular weight excluding hydrogens is 196 g/mol. The predicted molar refractivity (Wildman–Crippen MR) is 68.9 cm³/mol. The van der Waals surface area contributed by atoms with E-state index in [0.717, 1.165) is 5.92 Å². The van der Waals surface area contributed by atoms with Crippen molar-refractivity contribution in [3.63, 3.8) is 0 Å². The average molecular weight is 224 g/mol. The standard InChI is InChI=1S/C14H28N2/c1-2-14(9-5-6-10-14)13(16-15)11-12-7-3-4-8-12/h12-13,16H,2-11,15H2,1H3. The first kappa shape index (κ1) is 12.4. The Morgan fingerprint density at radius 3 is 2.31 bits per heavy atom. The zero-order valence-electron chi connectivity index (χ0n) is 10.8. The summed E-state index contributed by atoms with van der Waals surface area (Å²) >= 11 is 0. The molecule has 0 aromatic carbocycles. The molecule has 0 aliphatic heterocycles. The molecule has 1 atom stereocenters. The maximum atomic E-state index is 5.84. The van der Waals surface area contributed by atoms with E-state index < -0.39 is 0 Å². The van der Waals surface area contributed by atoms with E-state index >= 15 is 0 Å². The molecule has 0 amide bonds. The summed E-state index contributed by atoms with van der Waals surface area (Å²) in [6.45, 7) is 2.35. The lowest BCUT2D eigenvalue weighted by Gasteiger charge is -2.38. The van der Waals surface area contributed by atoms with Crippen LogP contribution in [0.25, 0.3) is 0 Å². The lowest BCUT2D eigenvalue weighted by Crippen LogP contribution is -2.48. The second kappa shape index (κ2) is 5.50. The number of nitrogens with two attached hydrogens (primary N) is 1. The molecule has 3 N–H and O–H groups in total. The SMILES string of the molecule is CCC1(C(CC2CCCC2)NN)CCCC1. The van der Waals surface area contributed by atoms with Crippen molar-refractivity contribution in [1.29, 1.82) is 0 Å². The van der Waals surface area contributed by atoms with Crippen molar-refractivity contribution in [1.82, 2.24) is 5.43 Å². The van der Waals surface area contributed by atoms with Gasteiger partial charge in [-0.1, -0.05) is 45.4 Å². The van der Waals surface area contributed by atoms with Crippen molar-refractivity contribution >= 4 is 0 Å². The zero-order chi connectivity index (χ0) is 11.4. The fourth-order valence-electron chi connectivity index (χ4n) is 4.10. The molecule has 2 rings (SSSR count). The molecule has 94 valence electrons. The van der Waals surface area contributed by atoms with E-state index in [4.69, 9.17) is 5.84 Å². The van der Waals surface area contributed by atoms with Crippen molar-refractivity contribution in [2.45, 2.75) is 77.2 Å². The van der Waals surface area contributed by atoms with Crippen LogP contribution < -0.4 is 11.3 Å². The van der Waals surface area contributed by atoms with Gasteiger partial charge in [0.25, 0.3) is 0 Å². The van der Waals surface area contributed by atoms with Gasteiger partial charge in [-0.25, -0.2) is 0 Å². The Morgan fingerprint density at radius 2 is 1.81 bits per heavy atom. The summed E-state index contributed by atoms with van der Waals surface area (Å²) in [6, 6.07) is 0.572. The van der Waals surface area contributed by atoms with Crippen LogP contribution >= 0.6 is 0 Å². The first-order valence-corrected chi connectivity index (χ1v) is 7.27. The number of hydrogen-bond acceptors (Lipinski definition) is 2. The molecule has 0 saturated heterocycles. The van der Waals surface area contributed by atoms with Gasteiger partial charge in [-0.15, -0.1) is 0 Å². The number of rotatable bonds is 5. The highest BCUT2D eigenvalue weighted by molar-refractivity contribution is 4.94. The molecule has 2 aliphatic rings. The first-order chi connectivity index (χ1) is 7.80. The minimum absolute atomic E-state index is 0.525. The van der Waals surface area contributed by atoms with Crippen molar-refractivity contribution in [2.75, 3.05) is 0 Å². The summed E-state index contributed by atoms with van der Waals surface area (Å²) in [4.78, 5) is 0. The summed E-state index contributed by atoms with van der Waals surface area (Å²) in [5.74, 6) is 6.79. The number of hydrogen-bond donors (Lipinski definition) is 2. The Morgan fingerprint density at radius 1 is 1.19 bits per heavy atom. The van der Waals surface area contributed by atoms with Gasteiger partial charge in [0.05, 0.1) is 0 Å². The summed E-state index contributed by atoms with van der Waals surface area (Å²) in [7, 11) is 0. The van der Waals surface area contributed by atoms with Crippen LogP contribution in [0.15, 0.2) is 0 Å². The van der Waals surface area contributed by atoms with Crippen LogP contribution in [-0.4, -0.2) is 6.04 Å². The second-order valence-electron chi connectivity index (χ2n) is 6.03. The van der Waals surface area contributed by atoms with Gasteiger partial charge in [-0.2, -0.15) is 0 Å². The molecule has 0 aromatic heterocycles. The Hall–Kier alpha value is -0.0800. The number of nitrogens with one attached hydrogen (secondary N) is 1. The smallest absolute Gasteiger partial charge is 0.0269 e. The van der Waals surface area contributed by atoms with Gasteiger partial charge in [0, 0.05) is 6.04 Å². The van der Waals surface area contributed by atoms with Crippen LogP contribution in [0.2, 0.25) is 0 Å². The Labute approximate surface area is 100 Å². The van der Waals surface area contributed by atoms with E-state index in [2.05, 4.69) is 12.3 Å². The molecule has 2 nitrogen and oxygen atoms in total. The highest BCUT2D eigenvalue weighted by atomic mass is 15.2. The third-order valence-electron chi connectivity index (χ3n) is 5.29. The van der Waals surface area contributed by atoms with Gasteiger partial charge in [0.2, 0.25) is 0 Å². The van der Waals surface area contributed by atoms with Crippen molar-refractivity contribution in [2.24, 2.45) is 17.2 Å². The normalized spacial score (nSPS) is 27.4. The Balaban J connectivity index is 1.96. The van der Waals surface area contributed by atoms with Crippen LogP contribution in [0.5, 0.6) is 0 Å². The summed E-state index contributed by atoms with van der Waals surface area (Å²) in [6.07, 6.45) is 14.0. The first-order valence-electron chi connectivity index (χ1n) is 7.27. The van der Waals surface area contributed by atoms with Crippen molar-refractivity contribution < 1.29 is 0 Å². The highest BCUT2D eigenvalue weighted by Crippen LogP contribution is 2.46. The van der Waals surface area contributed by atoms with Gasteiger partial charge in [-0.3, -0.25) is 11.3 Å². The lowest BCUT2D eigenvalue weighted by molar-refractivity contribution is 0.159.